The summed E-state index contributed by atoms with van der Waals surface area (Å²) < 4.78 is 0.507. The first-order chi connectivity index (χ1) is 8.71. The molecule has 2 N–H and O–H groups in total. The highest BCUT2D eigenvalue weighted by molar-refractivity contribution is 9.10. The number of hydrogen-bond donors (Lipinski definition) is 2. The first kappa shape index (κ1) is 15.4. The average molecular weight is 332 g/mol. The van der Waals surface area contributed by atoms with E-state index in [2.05, 4.69) is 26.2 Å². The van der Waals surface area contributed by atoms with Crippen LogP contribution in [0.4, 0.5) is 11.5 Å². The van der Waals surface area contributed by atoms with Crippen molar-refractivity contribution in [2.45, 2.75) is 32.2 Å². The first-order valence-corrected chi connectivity index (χ1v) is 6.30. The standard InChI is InChI=1S/C11H14BrN3O4/c1-11(2,4-3-9(16)17)14-10-8(15(18)19)5-7(12)6-13-10/h5-6H,3-4H2,1-2H3,(H,13,14)(H,16,17). The molecule has 1 aromatic heterocycles. The van der Waals surface area contributed by atoms with Gasteiger partial charge >= 0.3 is 11.7 Å². The molecule has 1 rings (SSSR count). The van der Waals surface area contributed by atoms with Crippen LogP contribution in [-0.4, -0.2) is 26.5 Å². The molecule has 0 spiro atoms. The van der Waals surface area contributed by atoms with Crippen molar-refractivity contribution in [2.75, 3.05) is 5.32 Å². The molecule has 0 aliphatic carbocycles. The minimum absolute atomic E-state index is 0.0235. The van der Waals surface area contributed by atoms with Crippen molar-refractivity contribution < 1.29 is 14.8 Å². The van der Waals surface area contributed by atoms with E-state index in [1.165, 1.54) is 12.3 Å². The van der Waals surface area contributed by atoms with Crippen molar-refractivity contribution in [2.24, 2.45) is 0 Å². The predicted octanol–water partition coefficient (Wildman–Crippen LogP) is 2.81. The molecule has 0 atom stereocenters. The second-order valence-electron chi connectivity index (χ2n) is 4.68. The number of carboxylic acid groups (broad SMARTS) is 1. The zero-order valence-corrected chi connectivity index (χ0v) is 12.1. The summed E-state index contributed by atoms with van der Waals surface area (Å²) in [6.07, 6.45) is 1.75. The summed E-state index contributed by atoms with van der Waals surface area (Å²) in [6.45, 7) is 3.53. The Balaban J connectivity index is 2.92. The third-order valence-corrected chi connectivity index (χ3v) is 2.89. The fourth-order valence-electron chi connectivity index (χ4n) is 1.47. The number of carbonyl (C=O) groups is 1. The van der Waals surface area contributed by atoms with Crippen LogP contribution in [0.15, 0.2) is 16.7 Å². The highest BCUT2D eigenvalue weighted by atomic mass is 79.9. The van der Waals surface area contributed by atoms with Crippen molar-refractivity contribution in [1.82, 2.24) is 4.98 Å². The second kappa shape index (κ2) is 5.96. The minimum atomic E-state index is -0.909. The molecule has 8 heteroatoms. The van der Waals surface area contributed by atoms with Crippen molar-refractivity contribution in [3.05, 3.63) is 26.9 Å². The van der Waals surface area contributed by atoms with Gasteiger partial charge in [-0.25, -0.2) is 4.98 Å². The maximum Gasteiger partial charge on any atom is 0.312 e. The van der Waals surface area contributed by atoms with Gasteiger partial charge in [0.25, 0.3) is 0 Å². The molecule has 0 aliphatic heterocycles. The molecule has 0 saturated carbocycles. The Morgan fingerprint density at radius 1 is 1.63 bits per heavy atom. The molecule has 0 saturated heterocycles. The van der Waals surface area contributed by atoms with E-state index < -0.39 is 16.4 Å². The summed E-state index contributed by atoms with van der Waals surface area (Å²) in [5.74, 6) is -0.781. The van der Waals surface area contributed by atoms with Gasteiger partial charge in [-0.1, -0.05) is 0 Å². The van der Waals surface area contributed by atoms with Crippen LogP contribution in [0.5, 0.6) is 0 Å². The molecule has 0 fully saturated rings. The maximum atomic E-state index is 10.9. The summed E-state index contributed by atoms with van der Waals surface area (Å²) in [7, 11) is 0. The Morgan fingerprint density at radius 3 is 2.79 bits per heavy atom. The Morgan fingerprint density at radius 2 is 2.26 bits per heavy atom. The number of hydrogen-bond acceptors (Lipinski definition) is 5. The number of pyridine rings is 1. The third kappa shape index (κ3) is 4.82. The molecule has 1 aromatic rings. The molecule has 7 nitrogen and oxygen atoms in total. The third-order valence-electron chi connectivity index (χ3n) is 2.45. The van der Waals surface area contributed by atoms with Crippen LogP contribution in [0, 0.1) is 10.1 Å². The van der Waals surface area contributed by atoms with Crippen LogP contribution < -0.4 is 5.32 Å². The van der Waals surface area contributed by atoms with Gasteiger partial charge in [-0.3, -0.25) is 14.9 Å². The number of nitro groups is 1. The smallest absolute Gasteiger partial charge is 0.312 e. The SMILES string of the molecule is CC(C)(CCC(=O)O)Nc1ncc(Br)cc1[N+](=O)[O-]. The zero-order valence-electron chi connectivity index (χ0n) is 10.5. The van der Waals surface area contributed by atoms with Crippen molar-refractivity contribution in [1.29, 1.82) is 0 Å². The molecule has 0 aromatic carbocycles. The van der Waals surface area contributed by atoms with Crippen molar-refractivity contribution >= 4 is 33.4 Å². The molecular formula is C11H14BrN3O4. The van der Waals surface area contributed by atoms with Gasteiger partial charge in [0.05, 0.1) is 4.92 Å². The van der Waals surface area contributed by atoms with Crippen LogP contribution >= 0.6 is 15.9 Å². The van der Waals surface area contributed by atoms with Gasteiger partial charge < -0.3 is 10.4 Å². The van der Waals surface area contributed by atoms with E-state index in [1.54, 1.807) is 13.8 Å². The number of carboxylic acids is 1. The van der Waals surface area contributed by atoms with Gasteiger partial charge in [0.15, 0.2) is 0 Å². The van der Waals surface area contributed by atoms with Gasteiger partial charge in [0.1, 0.15) is 0 Å². The average Bonchev–Trinajstić information content (AvgIpc) is 2.28. The molecular weight excluding hydrogens is 318 g/mol. The van der Waals surface area contributed by atoms with E-state index in [4.69, 9.17) is 5.11 Å². The summed E-state index contributed by atoms with van der Waals surface area (Å²) in [6, 6.07) is 1.35. The van der Waals surface area contributed by atoms with Gasteiger partial charge in [-0.15, -0.1) is 0 Å². The predicted molar refractivity (Wildman–Crippen MR) is 73.2 cm³/mol. The van der Waals surface area contributed by atoms with Gasteiger partial charge in [0.2, 0.25) is 5.82 Å². The lowest BCUT2D eigenvalue weighted by atomic mass is 9.98. The van der Waals surface area contributed by atoms with E-state index in [1.807, 2.05) is 0 Å². The van der Waals surface area contributed by atoms with Crippen LogP contribution in [0.25, 0.3) is 0 Å². The number of nitrogens with one attached hydrogen (secondary N) is 1. The molecule has 0 unspecified atom stereocenters. The fourth-order valence-corrected chi connectivity index (χ4v) is 1.79. The summed E-state index contributed by atoms with van der Waals surface area (Å²) in [4.78, 5) is 24.9. The lowest BCUT2D eigenvalue weighted by molar-refractivity contribution is -0.384. The van der Waals surface area contributed by atoms with Crippen LogP contribution in [0.2, 0.25) is 0 Å². The Bertz CT molecular complexity index is 505. The van der Waals surface area contributed by atoms with E-state index in [0.29, 0.717) is 10.9 Å². The fraction of sp³-hybridized carbons (Fsp3) is 0.455. The molecule has 0 amide bonds. The Hall–Kier alpha value is -1.70. The Labute approximate surface area is 118 Å². The van der Waals surface area contributed by atoms with Crippen LogP contribution in [0.3, 0.4) is 0 Å². The zero-order chi connectivity index (χ0) is 14.6. The lowest BCUT2D eigenvalue weighted by Crippen LogP contribution is -2.32. The first-order valence-electron chi connectivity index (χ1n) is 5.51. The number of aromatic nitrogens is 1. The number of halogens is 1. The minimum Gasteiger partial charge on any atom is -0.481 e. The van der Waals surface area contributed by atoms with Crippen molar-refractivity contribution in [3.8, 4) is 0 Å². The van der Waals surface area contributed by atoms with Gasteiger partial charge in [0, 0.05) is 28.7 Å². The summed E-state index contributed by atoms with van der Waals surface area (Å²) in [5, 5.41) is 22.5. The number of aliphatic carboxylic acids is 1. The summed E-state index contributed by atoms with van der Waals surface area (Å²) >= 11 is 3.12. The molecule has 19 heavy (non-hydrogen) atoms. The summed E-state index contributed by atoms with van der Waals surface area (Å²) in [5.41, 5.74) is -0.762. The van der Waals surface area contributed by atoms with Gasteiger partial charge in [-0.2, -0.15) is 0 Å². The van der Waals surface area contributed by atoms with E-state index in [0.717, 1.165) is 0 Å². The highest BCUT2D eigenvalue weighted by Gasteiger charge is 2.24. The largest absolute Gasteiger partial charge is 0.481 e. The number of nitrogens with zero attached hydrogens (tertiary/aromatic N) is 2. The normalized spacial score (nSPS) is 11.1. The quantitative estimate of drug-likeness (QED) is 0.613. The molecule has 104 valence electrons. The number of rotatable bonds is 6. The maximum absolute atomic E-state index is 10.9. The lowest BCUT2D eigenvalue weighted by Gasteiger charge is -2.26. The molecule has 1 heterocycles. The topological polar surface area (TPSA) is 105 Å². The Kier molecular flexibility index (Phi) is 4.82. The van der Waals surface area contributed by atoms with Crippen LogP contribution in [-0.2, 0) is 4.79 Å². The molecule has 0 aliphatic rings. The van der Waals surface area contributed by atoms with E-state index in [-0.39, 0.29) is 17.9 Å². The highest BCUT2D eigenvalue weighted by Crippen LogP contribution is 2.28. The molecule has 0 radical (unpaired) electrons. The van der Waals surface area contributed by atoms with Crippen molar-refractivity contribution in [3.63, 3.8) is 0 Å². The number of anilines is 1. The van der Waals surface area contributed by atoms with E-state index in [9.17, 15) is 14.9 Å². The monoisotopic (exact) mass is 331 g/mol. The second-order valence-corrected chi connectivity index (χ2v) is 5.60. The van der Waals surface area contributed by atoms with E-state index >= 15 is 0 Å². The van der Waals surface area contributed by atoms with Gasteiger partial charge in [-0.05, 0) is 36.2 Å². The molecule has 0 bridgehead atoms. The van der Waals surface area contributed by atoms with Crippen LogP contribution in [0.1, 0.15) is 26.7 Å².